The molecule has 0 radical (unpaired) electrons. The SMILES string of the molecule is CC(C)(C)OC(=O)CC=Cc1ccc(-c2ccccc2)c(N)c1. The summed E-state index contributed by atoms with van der Waals surface area (Å²) in [5, 5.41) is 0. The Kier molecular flexibility index (Phi) is 5.22. The second-order valence-corrected chi connectivity index (χ2v) is 6.41. The van der Waals surface area contributed by atoms with Crippen molar-refractivity contribution in [3.63, 3.8) is 0 Å². The molecule has 0 aliphatic heterocycles. The predicted octanol–water partition coefficient (Wildman–Crippen LogP) is 4.68. The van der Waals surface area contributed by atoms with Crippen LogP contribution >= 0.6 is 0 Å². The van der Waals surface area contributed by atoms with Gasteiger partial charge in [-0.15, -0.1) is 0 Å². The molecular formula is C20H23NO2. The van der Waals surface area contributed by atoms with E-state index in [4.69, 9.17) is 10.5 Å². The van der Waals surface area contributed by atoms with Crippen LogP contribution in [-0.2, 0) is 9.53 Å². The summed E-state index contributed by atoms with van der Waals surface area (Å²) in [6.07, 6.45) is 3.93. The Labute approximate surface area is 137 Å². The topological polar surface area (TPSA) is 52.3 Å². The Morgan fingerprint density at radius 2 is 1.83 bits per heavy atom. The lowest BCUT2D eigenvalue weighted by Crippen LogP contribution is -2.23. The van der Waals surface area contributed by atoms with Gasteiger partial charge in [-0.05, 0) is 38.0 Å². The van der Waals surface area contributed by atoms with Gasteiger partial charge in [0.2, 0.25) is 0 Å². The first kappa shape index (κ1) is 16.8. The van der Waals surface area contributed by atoms with E-state index in [0.717, 1.165) is 22.4 Å². The second-order valence-electron chi connectivity index (χ2n) is 6.41. The Bertz CT molecular complexity index is 697. The molecule has 0 aromatic heterocycles. The number of anilines is 1. The molecule has 2 aromatic rings. The van der Waals surface area contributed by atoms with E-state index >= 15 is 0 Å². The summed E-state index contributed by atoms with van der Waals surface area (Å²) >= 11 is 0. The summed E-state index contributed by atoms with van der Waals surface area (Å²) in [7, 11) is 0. The third-order valence-electron chi connectivity index (χ3n) is 3.18. The van der Waals surface area contributed by atoms with E-state index in [0.29, 0.717) is 0 Å². The minimum absolute atomic E-state index is 0.234. The standard InChI is InChI=1S/C20H23NO2/c1-20(2,3)23-19(22)11-7-8-15-12-13-17(18(21)14-15)16-9-5-4-6-10-16/h4-10,12-14H,11,21H2,1-3H3. The highest BCUT2D eigenvalue weighted by atomic mass is 16.6. The fourth-order valence-corrected chi connectivity index (χ4v) is 2.24. The molecule has 0 bridgehead atoms. The fourth-order valence-electron chi connectivity index (χ4n) is 2.24. The van der Waals surface area contributed by atoms with Crippen molar-refractivity contribution in [2.45, 2.75) is 32.8 Å². The van der Waals surface area contributed by atoms with Crippen LogP contribution in [0, 0.1) is 0 Å². The number of benzene rings is 2. The maximum absolute atomic E-state index is 11.7. The molecule has 120 valence electrons. The Hall–Kier alpha value is -2.55. The molecule has 0 fully saturated rings. The number of esters is 1. The molecule has 3 nitrogen and oxygen atoms in total. The first-order chi connectivity index (χ1) is 10.8. The highest BCUT2D eigenvalue weighted by molar-refractivity contribution is 5.79. The van der Waals surface area contributed by atoms with Crippen LogP contribution in [0.15, 0.2) is 54.6 Å². The number of nitrogen functional groups attached to an aromatic ring is 1. The predicted molar refractivity (Wildman–Crippen MR) is 95.8 cm³/mol. The first-order valence-corrected chi connectivity index (χ1v) is 7.68. The van der Waals surface area contributed by atoms with Crippen LogP contribution < -0.4 is 5.73 Å². The molecule has 0 unspecified atom stereocenters. The number of nitrogens with two attached hydrogens (primary N) is 1. The lowest BCUT2D eigenvalue weighted by molar-refractivity contribution is -0.153. The molecule has 0 saturated heterocycles. The van der Waals surface area contributed by atoms with Crippen molar-refractivity contribution in [1.82, 2.24) is 0 Å². The van der Waals surface area contributed by atoms with Gasteiger partial charge < -0.3 is 10.5 Å². The van der Waals surface area contributed by atoms with Crippen LogP contribution in [0.5, 0.6) is 0 Å². The zero-order valence-corrected chi connectivity index (χ0v) is 13.9. The number of hydrogen-bond donors (Lipinski definition) is 1. The second kappa shape index (κ2) is 7.14. The van der Waals surface area contributed by atoms with Gasteiger partial charge in [0.25, 0.3) is 0 Å². The molecule has 0 aliphatic rings. The summed E-state index contributed by atoms with van der Waals surface area (Å²) in [6.45, 7) is 5.58. The van der Waals surface area contributed by atoms with Crippen molar-refractivity contribution in [3.05, 3.63) is 60.2 Å². The molecule has 0 spiro atoms. The van der Waals surface area contributed by atoms with Gasteiger partial charge >= 0.3 is 5.97 Å². The highest BCUT2D eigenvalue weighted by Crippen LogP contribution is 2.26. The number of carbonyl (C=O) groups is 1. The van der Waals surface area contributed by atoms with Crippen molar-refractivity contribution in [2.24, 2.45) is 0 Å². The van der Waals surface area contributed by atoms with E-state index in [-0.39, 0.29) is 12.4 Å². The van der Waals surface area contributed by atoms with Gasteiger partial charge in [-0.2, -0.15) is 0 Å². The van der Waals surface area contributed by atoms with Gasteiger partial charge in [-0.25, -0.2) is 0 Å². The van der Waals surface area contributed by atoms with E-state index in [1.807, 2.05) is 75.4 Å². The summed E-state index contributed by atoms with van der Waals surface area (Å²) in [6, 6.07) is 15.9. The van der Waals surface area contributed by atoms with Gasteiger partial charge in [0.05, 0.1) is 6.42 Å². The average molecular weight is 309 g/mol. The van der Waals surface area contributed by atoms with Crippen LogP contribution in [0.2, 0.25) is 0 Å². The lowest BCUT2D eigenvalue weighted by atomic mass is 10.0. The van der Waals surface area contributed by atoms with Crippen LogP contribution in [0.1, 0.15) is 32.8 Å². The van der Waals surface area contributed by atoms with E-state index in [1.54, 1.807) is 6.08 Å². The fraction of sp³-hybridized carbons (Fsp3) is 0.250. The molecular weight excluding hydrogens is 286 g/mol. The minimum atomic E-state index is -0.452. The van der Waals surface area contributed by atoms with E-state index in [9.17, 15) is 4.79 Å². The number of hydrogen-bond acceptors (Lipinski definition) is 3. The Morgan fingerprint density at radius 3 is 2.43 bits per heavy atom. The third kappa shape index (κ3) is 5.29. The molecule has 23 heavy (non-hydrogen) atoms. The minimum Gasteiger partial charge on any atom is -0.460 e. The molecule has 0 aliphatic carbocycles. The Morgan fingerprint density at radius 1 is 1.13 bits per heavy atom. The number of rotatable bonds is 4. The van der Waals surface area contributed by atoms with Crippen molar-refractivity contribution < 1.29 is 9.53 Å². The number of ether oxygens (including phenoxy) is 1. The monoisotopic (exact) mass is 309 g/mol. The zero-order valence-electron chi connectivity index (χ0n) is 13.9. The normalized spacial score (nSPS) is 11.6. The third-order valence-corrected chi connectivity index (χ3v) is 3.18. The highest BCUT2D eigenvalue weighted by Gasteiger charge is 2.14. The first-order valence-electron chi connectivity index (χ1n) is 7.68. The molecule has 0 amide bonds. The summed E-state index contributed by atoms with van der Waals surface area (Å²) < 4.78 is 5.26. The summed E-state index contributed by atoms with van der Waals surface area (Å²) in [5.41, 5.74) is 9.47. The van der Waals surface area contributed by atoms with Gasteiger partial charge in [0.1, 0.15) is 5.60 Å². The van der Waals surface area contributed by atoms with Gasteiger partial charge in [0, 0.05) is 11.3 Å². The molecule has 0 heterocycles. The Balaban J connectivity index is 2.04. The van der Waals surface area contributed by atoms with E-state index in [2.05, 4.69) is 0 Å². The summed E-state index contributed by atoms with van der Waals surface area (Å²) in [4.78, 5) is 11.7. The molecule has 0 saturated carbocycles. The van der Waals surface area contributed by atoms with Gasteiger partial charge in [0.15, 0.2) is 0 Å². The lowest BCUT2D eigenvalue weighted by Gasteiger charge is -2.18. The molecule has 2 aromatic carbocycles. The van der Waals surface area contributed by atoms with Gasteiger partial charge in [-0.1, -0.05) is 54.6 Å². The largest absolute Gasteiger partial charge is 0.460 e. The molecule has 0 atom stereocenters. The maximum Gasteiger partial charge on any atom is 0.310 e. The van der Waals surface area contributed by atoms with Gasteiger partial charge in [-0.3, -0.25) is 4.79 Å². The van der Waals surface area contributed by atoms with Crippen molar-refractivity contribution in [3.8, 4) is 11.1 Å². The zero-order chi connectivity index (χ0) is 16.9. The molecule has 3 heteroatoms. The van der Waals surface area contributed by atoms with Crippen LogP contribution in [0.25, 0.3) is 17.2 Å². The van der Waals surface area contributed by atoms with Crippen LogP contribution in [-0.4, -0.2) is 11.6 Å². The van der Waals surface area contributed by atoms with Crippen molar-refractivity contribution >= 4 is 17.7 Å². The van der Waals surface area contributed by atoms with Crippen molar-refractivity contribution in [2.75, 3.05) is 5.73 Å². The molecule has 2 rings (SSSR count). The van der Waals surface area contributed by atoms with Crippen LogP contribution in [0.4, 0.5) is 5.69 Å². The van der Waals surface area contributed by atoms with Crippen LogP contribution in [0.3, 0.4) is 0 Å². The van der Waals surface area contributed by atoms with Crippen molar-refractivity contribution in [1.29, 1.82) is 0 Å². The average Bonchev–Trinajstić information content (AvgIpc) is 2.46. The van der Waals surface area contributed by atoms with E-state index < -0.39 is 5.60 Å². The maximum atomic E-state index is 11.7. The summed E-state index contributed by atoms with van der Waals surface area (Å²) in [5.74, 6) is -0.234. The number of carbonyl (C=O) groups excluding carboxylic acids is 1. The molecule has 2 N–H and O–H groups in total. The smallest absolute Gasteiger partial charge is 0.310 e. The quantitative estimate of drug-likeness (QED) is 0.659. The van der Waals surface area contributed by atoms with E-state index in [1.165, 1.54) is 0 Å².